The summed E-state index contributed by atoms with van der Waals surface area (Å²) in [5.41, 5.74) is 2.86. The molecule has 1 aliphatic rings. The molecule has 0 bridgehead atoms. The number of nitrogens with one attached hydrogen (secondary N) is 1. The Hall–Kier alpha value is -3.45. The lowest BCUT2D eigenvalue weighted by Crippen LogP contribution is -2.30. The molecule has 0 radical (unpaired) electrons. The standard InChI is InChI=1S/C25H24N4O2S/c1-17-6-9-19(10-7-17)29-24(31)21-11-8-18(23(30)26-16-20-5-4-14-32-20)15-22(21)27-25(29)28-12-2-3-13-28/h4-11,14-15H,2-3,12-13,16H2,1H3,(H,26,30). The Balaban J connectivity index is 1.57. The molecule has 5 rings (SSSR count). The minimum atomic E-state index is -0.174. The summed E-state index contributed by atoms with van der Waals surface area (Å²) in [6, 6.07) is 17.0. The van der Waals surface area contributed by atoms with Crippen LogP contribution in [0.2, 0.25) is 0 Å². The number of thiophene rings is 1. The summed E-state index contributed by atoms with van der Waals surface area (Å²) in [5.74, 6) is 0.465. The van der Waals surface area contributed by atoms with Gasteiger partial charge in [-0.3, -0.25) is 9.59 Å². The highest BCUT2D eigenvalue weighted by Crippen LogP contribution is 2.24. The molecule has 0 unspecified atom stereocenters. The van der Waals surface area contributed by atoms with Gasteiger partial charge in [0.25, 0.3) is 11.5 Å². The number of fused-ring (bicyclic) bond motifs is 1. The van der Waals surface area contributed by atoms with Crippen molar-refractivity contribution >= 4 is 34.1 Å². The summed E-state index contributed by atoms with van der Waals surface area (Å²) in [6.07, 6.45) is 2.15. The van der Waals surface area contributed by atoms with Gasteiger partial charge in [0.1, 0.15) is 0 Å². The normalized spacial score (nSPS) is 13.6. The number of carbonyl (C=O) groups is 1. The van der Waals surface area contributed by atoms with Crippen molar-refractivity contribution in [2.45, 2.75) is 26.3 Å². The van der Waals surface area contributed by atoms with Crippen LogP contribution in [0.3, 0.4) is 0 Å². The largest absolute Gasteiger partial charge is 0.347 e. The highest BCUT2D eigenvalue weighted by Gasteiger charge is 2.21. The molecule has 0 aliphatic carbocycles. The van der Waals surface area contributed by atoms with Crippen LogP contribution < -0.4 is 15.8 Å². The smallest absolute Gasteiger partial charge is 0.267 e. The first kappa shape index (κ1) is 20.5. The van der Waals surface area contributed by atoms with Crippen LogP contribution in [0.4, 0.5) is 5.95 Å². The molecule has 0 saturated carbocycles. The van der Waals surface area contributed by atoms with E-state index in [-0.39, 0.29) is 11.5 Å². The van der Waals surface area contributed by atoms with Gasteiger partial charge >= 0.3 is 0 Å². The number of carbonyl (C=O) groups excluding carboxylic acids is 1. The average Bonchev–Trinajstić information content (AvgIpc) is 3.52. The number of rotatable bonds is 5. The topological polar surface area (TPSA) is 67.2 Å². The van der Waals surface area contributed by atoms with Gasteiger partial charge in [-0.15, -0.1) is 11.3 Å². The van der Waals surface area contributed by atoms with E-state index in [4.69, 9.17) is 4.98 Å². The molecule has 32 heavy (non-hydrogen) atoms. The number of nitrogens with zero attached hydrogens (tertiary/aromatic N) is 3. The number of hydrogen-bond donors (Lipinski definition) is 1. The van der Waals surface area contributed by atoms with Gasteiger partial charge in [0.15, 0.2) is 0 Å². The number of hydrogen-bond acceptors (Lipinski definition) is 5. The molecule has 1 aliphatic heterocycles. The minimum absolute atomic E-state index is 0.119. The zero-order valence-corrected chi connectivity index (χ0v) is 18.7. The van der Waals surface area contributed by atoms with E-state index in [1.165, 1.54) is 0 Å². The van der Waals surface area contributed by atoms with Crippen molar-refractivity contribution in [3.8, 4) is 5.69 Å². The van der Waals surface area contributed by atoms with Crippen molar-refractivity contribution in [1.29, 1.82) is 0 Å². The molecule has 7 heteroatoms. The van der Waals surface area contributed by atoms with Crippen molar-refractivity contribution in [2.24, 2.45) is 0 Å². The fourth-order valence-corrected chi connectivity index (χ4v) is 4.70. The Labute approximate surface area is 190 Å². The maximum absolute atomic E-state index is 13.6. The summed E-state index contributed by atoms with van der Waals surface area (Å²) >= 11 is 1.60. The maximum atomic E-state index is 13.6. The van der Waals surface area contributed by atoms with Crippen LogP contribution in [0.1, 0.15) is 33.6 Å². The summed E-state index contributed by atoms with van der Waals surface area (Å²) in [5, 5.41) is 5.43. The number of anilines is 1. The Kier molecular flexibility index (Phi) is 5.49. The number of amides is 1. The quantitative estimate of drug-likeness (QED) is 0.499. The molecule has 2 aromatic heterocycles. The van der Waals surface area contributed by atoms with Gasteiger partial charge < -0.3 is 10.2 Å². The van der Waals surface area contributed by atoms with Gasteiger partial charge in [-0.2, -0.15) is 0 Å². The molecule has 1 saturated heterocycles. The molecule has 2 aromatic carbocycles. The Bertz CT molecular complexity index is 1320. The highest BCUT2D eigenvalue weighted by molar-refractivity contribution is 7.09. The van der Waals surface area contributed by atoms with Crippen LogP contribution in [0.15, 0.2) is 64.8 Å². The summed E-state index contributed by atoms with van der Waals surface area (Å²) in [7, 11) is 0. The molecule has 3 heterocycles. The van der Waals surface area contributed by atoms with Gasteiger partial charge in [-0.1, -0.05) is 23.8 Å². The Morgan fingerprint density at radius 1 is 1.09 bits per heavy atom. The molecule has 0 atom stereocenters. The molecule has 1 N–H and O–H groups in total. The third-order valence-electron chi connectivity index (χ3n) is 5.80. The first-order valence-corrected chi connectivity index (χ1v) is 11.7. The average molecular weight is 445 g/mol. The van der Waals surface area contributed by atoms with E-state index in [2.05, 4.69) is 10.2 Å². The van der Waals surface area contributed by atoms with E-state index in [0.717, 1.165) is 42.1 Å². The van der Waals surface area contributed by atoms with Crippen LogP contribution in [-0.4, -0.2) is 28.5 Å². The van der Waals surface area contributed by atoms with Gasteiger partial charge in [0.2, 0.25) is 5.95 Å². The second-order valence-electron chi connectivity index (χ2n) is 8.08. The molecule has 162 valence electrons. The van der Waals surface area contributed by atoms with Crippen molar-refractivity contribution < 1.29 is 4.79 Å². The first-order chi connectivity index (χ1) is 15.6. The van der Waals surface area contributed by atoms with E-state index in [0.29, 0.717) is 29.0 Å². The van der Waals surface area contributed by atoms with Gasteiger partial charge in [-0.05, 0) is 61.5 Å². The van der Waals surface area contributed by atoms with Crippen LogP contribution >= 0.6 is 11.3 Å². The van der Waals surface area contributed by atoms with Gasteiger partial charge in [0.05, 0.1) is 23.1 Å². The monoisotopic (exact) mass is 444 g/mol. The van der Waals surface area contributed by atoms with Crippen molar-refractivity contribution in [3.05, 3.63) is 86.3 Å². The lowest BCUT2D eigenvalue weighted by Gasteiger charge is -2.22. The van der Waals surface area contributed by atoms with E-state index in [9.17, 15) is 9.59 Å². The SMILES string of the molecule is Cc1ccc(-n2c(N3CCCC3)nc3cc(C(=O)NCc4cccs4)ccc3c2=O)cc1. The number of aromatic nitrogens is 2. The van der Waals surface area contributed by atoms with Crippen LogP contribution in [0.5, 0.6) is 0 Å². The summed E-state index contributed by atoms with van der Waals surface area (Å²) in [6.45, 7) is 4.24. The lowest BCUT2D eigenvalue weighted by molar-refractivity contribution is 0.0951. The van der Waals surface area contributed by atoms with Crippen LogP contribution in [-0.2, 0) is 6.54 Å². The van der Waals surface area contributed by atoms with Crippen LogP contribution in [0.25, 0.3) is 16.6 Å². The zero-order valence-electron chi connectivity index (χ0n) is 17.9. The summed E-state index contributed by atoms with van der Waals surface area (Å²) < 4.78 is 1.70. The Morgan fingerprint density at radius 3 is 2.59 bits per heavy atom. The molecule has 1 amide bonds. The van der Waals surface area contributed by atoms with E-state index >= 15 is 0 Å². The van der Waals surface area contributed by atoms with Gasteiger partial charge in [-0.25, -0.2) is 9.55 Å². The molecule has 0 spiro atoms. The van der Waals surface area contributed by atoms with E-state index in [1.54, 1.807) is 34.1 Å². The Morgan fingerprint density at radius 2 is 1.88 bits per heavy atom. The van der Waals surface area contributed by atoms with Crippen LogP contribution in [0, 0.1) is 6.92 Å². The maximum Gasteiger partial charge on any atom is 0.267 e. The fourth-order valence-electron chi connectivity index (χ4n) is 4.05. The third-order valence-corrected chi connectivity index (χ3v) is 6.67. The van der Waals surface area contributed by atoms with Crippen molar-refractivity contribution in [2.75, 3.05) is 18.0 Å². The van der Waals surface area contributed by atoms with Gasteiger partial charge in [0, 0.05) is 23.5 Å². The van der Waals surface area contributed by atoms with Crippen molar-refractivity contribution in [1.82, 2.24) is 14.9 Å². The molecule has 4 aromatic rings. The molecule has 1 fully saturated rings. The minimum Gasteiger partial charge on any atom is -0.347 e. The number of aryl methyl sites for hydroxylation is 1. The molecule has 6 nitrogen and oxygen atoms in total. The first-order valence-electron chi connectivity index (χ1n) is 10.8. The predicted molar refractivity (Wildman–Crippen MR) is 129 cm³/mol. The molecular weight excluding hydrogens is 420 g/mol. The summed E-state index contributed by atoms with van der Waals surface area (Å²) in [4.78, 5) is 34.4. The second-order valence-corrected chi connectivity index (χ2v) is 9.11. The predicted octanol–water partition coefficient (Wildman–Crippen LogP) is 4.29. The lowest BCUT2D eigenvalue weighted by atomic mass is 10.1. The fraction of sp³-hybridized carbons (Fsp3) is 0.240. The zero-order chi connectivity index (χ0) is 22.1. The van der Waals surface area contributed by atoms with Crippen molar-refractivity contribution in [3.63, 3.8) is 0 Å². The third kappa shape index (κ3) is 3.91. The second kappa shape index (κ2) is 8.59. The van der Waals surface area contributed by atoms with E-state index in [1.807, 2.05) is 48.7 Å². The molecular formula is C25H24N4O2S. The van der Waals surface area contributed by atoms with E-state index < -0.39 is 0 Å². The number of benzene rings is 2. The highest BCUT2D eigenvalue weighted by atomic mass is 32.1.